The van der Waals surface area contributed by atoms with Gasteiger partial charge in [0.2, 0.25) is 10.0 Å². The zero-order valence-electron chi connectivity index (χ0n) is 25.9. The molecule has 0 bridgehead atoms. The van der Waals surface area contributed by atoms with Gasteiger partial charge in [-0.3, -0.25) is 9.99 Å². The normalized spacial score (nSPS) is 14.5. The molecule has 2 heterocycles. The number of imidazole rings is 1. The largest absolute Gasteiger partial charge is 0.379 e. The highest BCUT2D eigenvalue weighted by Crippen LogP contribution is 2.39. The predicted octanol–water partition coefficient (Wildman–Crippen LogP) is 4.96. The van der Waals surface area contributed by atoms with Crippen molar-refractivity contribution in [3.05, 3.63) is 99.3 Å². The molecular formula is C30H30Cl2F2N6O6S3. The number of rotatable bonds is 10. The van der Waals surface area contributed by atoms with Crippen LogP contribution in [0.3, 0.4) is 0 Å². The number of thioether (sulfide) groups is 1. The van der Waals surface area contributed by atoms with Crippen LogP contribution < -0.4 is 15.3 Å². The Morgan fingerprint density at radius 2 is 1.71 bits per heavy atom. The number of ether oxygens (including phenoxy) is 1. The Bertz CT molecular complexity index is 2130. The fraction of sp³-hybridized carbons (Fsp3) is 0.267. The van der Waals surface area contributed by atoms with Gasteiger partial charge in [-0.2, -0.15) is 0 Å². The number of hydrazine groups is 1. The van der Waals surface area contributed by atoms with Crippen LogP contribution in [0.15, 0.2) is 75.7 Å². The van der Waals surface area contributed by atoms with E-state index < -0.39 is 43.1 Å². The van der Waals surface area contributed by atoms with E-state index in [0.717, 1.165) is 12.1 Å². The molecule has 0 radical (unpaired) electrons. The van der Waals surface area contributed by atoms with Crippen LogP contribution in [0, 0.1) is 11.6 Å². The van der Waals surface area contributed by atoms with Crippen LogP contribution in [0.25, 0.3) is 5.69 Å². The first-order valence-electron chi connectivity index (χ1n) is 14.4. The summed E-state index contributed by atoms with van der Waals surface area (Å²) in [6, 6.07) is 10.8. The van der Waals surface area contributed by atoms with E-state index in [-0.39, 0.29) is 31.3 Å². The van der Waals surface area contributed by atoms with Gasteiger partial charge in [0.05, 0.1) is 40.7 Å². The fourth-order valence-electron chi connectivity index (χ4n) is 5.00. The molecule has 12 nitrogen and oxygen atoms in total. The predicted molar refractivity (Wildman–Crippen MR) is 181 cm³/mol. The molecule has 0 saturated carbocycles. The van der Waals surface area contributed by atoms with Gasteiger partial charge in [-0.05, 0) is 47.5 Å². The van der Waals surface area contributed by atoms with E-state index in [1.165, 1.54) is 53.2 Å². The molecule has 0 atom stereocenters. The van der Waals surface area contributed by atoms with E-state index in [1.807, 2.05) is 18.6 Å². The number of hydrogen-bond acceptors (Lipinski definition) is 9. The van der Waals surface area contributed by atoms with Crippen LogP contribution in [0.4, 0.5) is 13.6 Å². The number of sulfonamides is 2. The lowest BCUT2D eigenvalue weighted by atomic mass is 9.81. The van der Waals surface area contributed by atoms with Crippen LogP contribution in [0.5, 0.6) is 0 Å². The molecule has 1 aliphatic heterocycles. The summed E-state index contributed by atoms with van der Waals surface area (Å²) in [4.78, 5) is 16.4. The summed E-state index contributed by atoms with van der Waals surface area (Å²) in [7, 11) is -8.34. The minimum absolute atomic E-state index is 0.0883. The van der Waals surface area contributed by atoms with Crippen molar-refractivity contribution in [2.24, 2.45) is 5.14 Å². The Hall–Kier alpha value is -3.29. The van der Waals surface area contributed by atoms with Crippen molar-refractivity contribution < 1.29 is 35.1 Å². The molecule has 1 saturated heterocycles. The monoisotopic (exact) mass is 774 g/mol. The van der Waals surface area contributed by atoms with Crippen LogP contribution >= 0.6 is 35.0 Å². The number of carbonyl (C=O) groups excluding carboxylic acids is 1. The van der Waals surface area contributed by atoms with Gasteiger partial charge in [0.1, 0.15) is 4.90 Å². The van der Waals surface area contributed by atoms with Crippen molar-refractivity contribution in [2.45, 2.75) is 40.0 Å². The van der Waals surface area contributed by atoms with E-state index >= 15 is 0 Å². The third-order valence-electron chi connectivity index (χ3n) is 7.68. The lowest BCUT2D eigenvalue weighted by Crippen LogP contribution is -2.52. The second-order valence-electron chi connectivity index (χ2n) is 11.4. The second kappa shape index (κ2) is 14.5. The van der Waals surface area contributed by atoms with E-state index in [0.29, 0.717) is 48.3 Å². The van der Waals surface area contributed by atoms with Gasteiger partial charge < -0.3 is 4.74 Å². The van der Waals surface area contributed by atoms with Crippen molar-refractivity contribution in [1.29, 1.82) is 0 Å². The number of nitrogens with one attached hydrogen (secondary N) is 2. The van der Waals surface area contributed by atoms with E-state index in [4.69, 9.17) is 33.1 Å². The zero-order valence-corrected chi connectivity index (χ0v) is 29.9. The van der Waals surface area contributed by atoms with Crippen molar-refractivity contribution >= 4 is 61.0 Å². The summed E-state index contributed by atoms with van der Waals surface area (Å²) < 4.78 is 86.9. The average molecular weight is 776 g/mol. The quantitative estimate of drug-likeness (QED) is 0.189. The molecule has 2 amide bonds. The maximum absolute atomic E-state index is 14.5. The van der Waals surface area contributed by atoms with Crippen molar-refractivity contribution in [3.8, 4) is 5.69 Å². The highest BCUT2D eigenvalue weighted by molar-refractivity contribution is 7.98. The molecule has 49 heavy (non-hydrogen) atoms. The number of hydrogen-bond donors (Lipinski definition) is 3. The van der Waals surface area contributed by atoms with Crippen LogP contribution in [0.1, 0.15) is 30.7 Å². The number of aromatic nitrogens is 2. The number of benzene rings is 3. The summed E-state index contributed by atoms with van der Waals surface area (Å²) in [5.74, 6) is -1.95. The minimum Gasteiger partial charge on any atom is -0.379 e. The molecule has 19 heteroatoms. The van der Waals surface area contributed by atoms with Gasteiger partial charge in [-0.1, -0.05) is 60.9 Å². The van der Waals surface area contributed by atoms with Crippen LogP contribution in [0.2, 0.25) is 10.0 Å². The van der Waals surface area contributed by atoms with Gasteiger partial charge >= 0.3 is 6.03 Å². The number of nitrogens with two attached hydrogens (primary N) is 1. The number of halogens is 4. The molecule has 0 spiro atoms. The van der Waals surface area contributed by atoms with Crippen molar-refractivity contribution in [3.63, 3.8) is 0 Å². The van der Waals surface area contributed by atoms with Crippen molar-refractivity contribution in [2.75, 3.05) is 26.3 Å². The smallest absolute Gasteiger partial charge is 0.343 e. The molecule has 4 aromatic rings. The number of carbonyl (C=O) groups is 1. The molecule has 1 fully saturated rings. The minimum atomic E-state index is -4.26. The summed E-state index contributed by atoms with van der Waals surface area (Å²) in [5, 5.41) is 7.18. The molecule has 1 aliphatic rings. The Morgan fingerprint density at radius 1 is 1.00 bits per heavy atom. The third-order valence-corrected chi connectivity index (χ3v) is 11.8. The first kappa shape index (κ1) is 37.0. The Kier molecular flexibility index (Phi) is 11.0. The van der Waals surface area contributed by atoms with E-state index in [2.05, 4.69) is 10.4 Å². The maximum atomic E-state index is 14.5. The van der Waals surface area contributed by atoms with Gasteiger partial charge in [0.25, 0.3) is 10.0 Å². The number of primary sulfonamides is 1. The van der Waals surface area contributed by atoms with Gasteiger partial charge in [-0.15, -0.1) is 0 Å². The molecule has 5 rings (SSSR count). The van der Waals surface area contributed by atoms with Crippen LogP contribution in [-0.2, 0) is 36.0 Å². The molecular weight excluding hydrogens is 745 g/mol. The first-order chi connectivity index (χ1) is 23.0. The van der Waals surface area contributed by atoms with Gasteiger partial charge in [-0.25, -0.2) is 50.3 Å². The molecule has 3 aromatic carbocycles. The number of morpholine rings is 1. The summed E-state index contributed by atoms with van der Waals surface area (Å²) in [5.41, 5.74) is 3.44. The third kappa shape index (κ3) is 8.37. The lowest BCUT2D eigenvalue weighted by Gasteiger charge is -2.28. The molecule has 262 valence electrons. The number of amides is 2. The number of urea groups is 1. The highest BCUT2D eigenvalue weighted by Gasteiger charge is 2.31. The Labute approximate surface area is 296 Å². The standard InChI is InChI=1S/C30H30Cl2F2N6O6S3/c1-30(2,19-4-8-26(23(32)13-19)48(35,42)43)27-16-36-29(40(27)20-5-7-24(33)25(34)14-20)47-17-18-3-6-21(15-22(18)31)49(44,45)38-28(41)37-39-9-11-46-12-10-39/h3-8,13-16H,9-12,17H2,1-2H3,(H2,35,42,43)(H2,37,38,41). The Balaban J connectivity index is 1.42. The van der Waals surface area contributed by atoms with E-state index in [9.17, 15) is 30.4 Å². The maximum Gasteiger partial charge on any atom is 0.343 e. The molecule has 0 aliphatic carbocycles. The zero-order chi connectivity index (χ0) is 35.7. The topological polar surface area (TPSA) is 166 Å². The SMILES string of the molecule is CC(C)(c1ccc(S(N)(=O)=O)c(Cl)c1)c1cnc(SCc2ccc(S(=O)(=O)NC(=O)NN3CCOCC3)cc2Cl)n1-c1ccc(F)c(F)c1. The molecule has 1 aromatic heterocycles. The summed E-state index contributed by atoms with van der Waals surface area (Å²) in [6.45, 7) is 5.25. The number of nitrogens with zero attached hydrogens (tertiary/aromatic N) is 3. The van der Waals surface area contributed by atoms with E-state index in [1.54, 1.807) is 16.8 Å². The fourth-order valence-corrected chi connectivity index (χ4v) is 8.40. The molecule has 4 N–H and O–H groups in total. The first-order valence-corrected chi connectivity index (χ1v) is 19.2. The summed E-state index contributed by atoms with van der Waals surface area (Å²) >= 11 is 14.0. The van der Waals surface area contributed by atoms with Crippen LogP contribution in [-0.4, -0.2) is 63.7 Å². The van der Waals surface area contributed by atoms with Gasteiger partial charge in [0.15, 0.2) is 16.8 Å². The molecule has 0 unspecified atom stereocenters. The highest BCUT2D eigenvalue weighted by atomic mass is 35.5. The van der Waals surface area contributed by atoms with Gasteiger partial charge in [0, 0.05) is 35.3 Å². The van der Waals surface area contributed by atoms with Crippen molar-refractivity contribution in [1.82, 2.24) is 24.7 Å². The second-order valence-corrected chi connectivity index (χ2v) is 16.3. The lowest BCUT2D eigenvalue weighted by molar-refractivity contribution is 0.0200. The summed E-state index contributed by atoms with van der Waals surface area (Å²) in [6.07, 6.45) is 1.55. The Morgan fingerprint density at radius 3 is 2.35 bits per heavy atom. The average Bonchev–Trinajstić information content (AvgIpc) is 3.46.